The zero-order valence-electron chi connectivity index (χ0n) is 29.3. The number of carbonyl (C=O) groups is 4. The van der Waals surface area contributed by atoms with Crippen LogP contribution in [0.5, 0.6) is 34.5 Å². The van der Waals surface area contributed by atoms with Crippen molar-refractivity contribution in [3.05, 3.63) is 133 Å². The van der Waals surface area contributed by atoms with Gasteiger partial charge in [0.15, 0.2) is 0 Å². The Morgan fingerprint density at radius 3 is 1.15 bits per heavy atom. The molecule has 0 saturated heterocycles. The van der Waals surface area contributed by atoms with Crippen molar-refractivity contribution in [3.63, 3.8) is 0 Å². The first kappa shape index (κ1) is 37.5. The summed E-state index contributed by atoms with van der Waals surface area (Å²) in [7, 11) is 0. The SMILES string of the molecule is CC(=O)Oc1ccc(NC(=O)Oc2ccc(Sc3ccc(OC(=O)Nc4ccc(OC(C)=O)cc4)cc3-c3ccc(O)cc3)c(-c3ccc(O)cc3)c2)cc1. The van der Waals surface area contributed by atoms with Crippen LogP contribution in [0.1, 0.15) is 13.8 Å². The van der Waals surface area contributed by atoms with E-state index in [0.717, 1.165) is 20.9 Å². The van der Waals surface area contributed by atoms with Gasteiger partial charge in [-0.15, -0.1) is 0 Å². The van der Waals surface area contributed by atoms with Crippen LogP contribution < -0.4 is 29.6 Å². The second-order valence-corrected chi connectivity index (χ2v) is 12.9. The van der Waals surface area contributed by atoms with E-state index in [0.29, 0.717) is 34.0 Å². The zero-order valence-corrected chi connectivity index (χ0v) is 30.1. The third kappa shape index (κ3) is 10.4. The van der Waals surface area contributed by atoms with Gasteiger partial charge in [0, 0.05) is 35.0 Å². The minimum absolute atomic E-state index is 0.0812. The summed E-state index contributed by atoms with van der Waals surface area (Å²) in [4.78, 5) is 49.7. The summed E-state index contributed by atoms with van der Waals surface area (Å²) in [6.45, 7) is 2.59. The van der Waals surface area contributed by atoms with Crippen molar-refractivity contribution in [1.29, 1.82) is 0 Å². The molecule has 0 radical (unpaired) electrons. The lowest BCUT2D eigenvalue weighted by molar-refractivity contribution is -0.132. The van der Waals surface area contributed by atoms with Gasteiger partial charge in [-0.1, -0.05) is 36.0 Å². The highest BCUT2D eigenvalue weighted by molar-refractivity contribution is 7.99. The average Bonchev–Trinajstić information content (AvgIpc) is 3.15. The molecule has 6 aromatic rings. The van der Waals surface area contributed by atoms with Crippen molar-refractivity contribution in [2.45, 2.75) is 23.6 Å². The number of amides is 2. The maximum Gasteiger partial charge on any atom is 0.417 e. The fourth-order valence-electron chi connectivity index (χ4n) is 5.22. The van der Waals surface area contributed by atoms with Crippen LogP contribution in [0.15, 0.2) is 143 Å². The van der Waals surface area contributed by atoms with E-state index in [1.165, 1.54) is 25.6 Å². The van der Waals surface area contributed by atoms with E-state index in [9.17, 15) is 29.4 Å². The maximum atomic E-state index is 12.9. The lowest BCUT2D eigenvalue weighted by Gasteiger charge is -2.16. The van der Waals surface area contributed by atoms with Crippen molar-refractivity contribution in [3.8, 4) is 56.8 Å². The number of carbonyl (C=O) groups excluding carboxylic acids is 4. The summed E-state index contributed by atoms with van der Waals surface area (Å²) in [5.74, 6) is 0.401. The van der Waals surface area contributed by atoms with Gasteiger partial charge in [0.25, 0.3) is 0 Å². The minimum Gasteiger partial charge on any atom is -0.508 e. The Morgan fingerprint density at radius 2 is 0.800 bits per heavy atom. The molecule has 0 aliphatic rings. The molecule has 2 amide bonds. The fraction of sp³-hybridized carbons (Fsp3) is 0.0476. The molecule has 0 aliphatic heterocycles. The molecular weight excluding hydrogens is 725 g/mol. The fourth-order valence-corrected chi connectivity index (χ4v) is 6.30. The molecule has 13 heteroatoms. The average molecular weight is 757 g/mol. The molecule has 0 aromatic heterocycles. The topological polar surface area (TPSA) is 170 Å². The molecule has 0 heterocycles. The highest BCUT2D eigenvalue weighted by atomic mass is 32.2. The van der Waals surface area contributed by atoms with Gasteiger partial charge in [0.2, 0.25) is 0 Å². The Labute approximate surface area is 319 Å². The summed E-state index contributed by atoms with van der Waals surface area (Å²) in [6, 6.07) is 35.9. The standard InChI is InChI=1S/C42H32N2O10S/c1-25(45)51-33-15-7-29(8-16-33)43-41(49)53-35-19-21-39(37(23-35)27-3-11-31(47)12-4-27)55-40-22-20-36(24-38(40)28-5-13-32(48)14-6-28)54-42(50)44-30-9-17-34(18-10-30)52-26(2)46/h3-24,47-48H,1-2H3,(H,43,49)(H,44,50). The van der Waals surface area contributed by atoms with Gasteiger partial charge in [0.1, 0.15) is 34.5 Å². The van der Waals surface area contributed by atoms with Crippen molar-refractivity contribution < 1.29 is 48.3 Å². The summed E-state index contributed by atoms with van der Waals surface area (Å²) in [5.41, 5.74) is 3.70. The van der Waals surface area contributed by atoms with Crippen LogP contribution in [-0.2, 0) is 9.59 Å². The smallest absolute Gasteiger partial charge is 0.417 e. The first-order valence-corrected chi connectivity index (χ1v) is 17.4. The first-order chi connectivity index (χ1) is 26.5. The van der Waals surface area contributed by atoms with Crippen molar-refractivity contribution in [2.75, 3.05) is 10.6 Å². The molecule has 0 unspecified atom stereocenters. The number of phenolic OH excluding ortho intramolecular Hbond substituents is 2. The third-order valence-corrected chi connectivity index (χ3v) is 8.78. The van der Waals surface area contributed by atoms with Crippen molar-refractivity contribution >= 4 is 47.3 Å². The number of phenols is 2. The van der Waals surface area contributed by atoms with E-state index in [1.54, 1.807) is 133 Å². The number of aromatic hydroxyl groups is 2. The quantitative estimate of drug-likeness (QED) is 0.0775. The number of anilines is 2. The molecule has 276 valence electrons. The number of hydrogen-bond donors (Lipinski definition) is 4. The third-order valence-electron chi connectivity index (χ3n) is 7.62. The van der Waals surface area contributed by atoms with Gasteiger partial charge in [-0.25, -0.2) is 9.59 Å². The maximum absolute atomic E-state index is 12.9. The molecule has 6 aromatic carbocycles. The Morgan fingerprint density at radius 1 is 0.455 bits per heavy atom. The summed E-state index contributed by atoms with van der Waals surface area (Å²) >= 11 is 1.40. The number of benzene rings is 6. The monoisotopic (exact) mass is 756 g/mol. The Bertz CT molecular complexity index is 2180. The number of rotatable bonds is 10. The molecular formula is C42H32N2O10S. The van der Waals surface area contributed by atoms with E-state index < -0.39 is 24.1 Å². The summed E-state index contributed by atoms with van der Waals surface area (Å²) in [6.07, 6.45) is -1.49. The van der Waals surface area contributed by atoms with Crippen LogP contribution in [0.4, 0.5) is 21.0 Å². The predicted molar refractivity (Wildman–Crippen MR) is 206 cm³/mol. The second-order valence-electron chi connectivity index (χ2n) is 11.8. The number of hydrogen-bond acceptors (Lipinski definition) is 11. The molecule has 6 rings (SSSR count). The van der Waals surface area contributed by atoms with Gasteiger partial charge in [-0.3, -0.25) is 20.2 Å². The van der Waals surface area contributed by atoms with Gasteiger partial charge in [0.05, 0.1) is 0 Å². The zero-order chi connectivity index (χ0) is 38.9. The summed E-state index contributed by atoms with van der Waals surface area (Å²) in [5, 5.41) is 25.3. The second kappa shape index (κ2) is 17.1. The first-order valence-electron chi connectivity index (χ1n) is 16.6. The number of esters is 2. The Hall–Kier alpha value is -7.25. The van der Waals surface area contributed by atoms with Gasteiger partial charge in [-0.05, 0) is 131 Å². The van der Waals surface area contributed by atoms with Crippen LogP contribution in [0, 0.1) is 0 Å². The van der Waals surface area contributed by atoms with E-state index >= 15 is 0 Å². The van der Waals surface area contributed by atoms with Crippen LogP contribution in [0.2, 0.25) is 0 Å². The van der Waals surface area contributed by atoms with E-state index in [2.05, 4.69) is 10.6 Å². The van der Waals surface area contributed by atoms with Crippen LogP contribution >= 0.6 is 11.8 Å². The van der Waals surface area contributed by atoms with Crippen molar-refractivity contribution in [2.24, 2.45) is 0 Å². The molecule has 4 N–H and O–H groups in total. The van der Waals surface area contributed by atoms with Crippen molar-refractivity contribution in [1.82, 2.24) is 0 Å². The van der Waals surface area contributed by atoms with E-state index in [-0.39, 0.29) is 23.0 Å². The Balaban J connectivity index is 1.25. The Kier molecular flexibility index (Phi) is 11.6. The molecule has 0 spiro atoms. The molecule has 0 atom stereocenters. The molecule has 0 aliphatic carbocycles. The highest BCUT2D eigenvalue weighted by Crippen LogP contribution is 2.43. The van der Waals surface area contributed by atoms with E-state index in [4.69, 9.17) is 18.9 Å². The van der Waals surface area contributed by atoms with E-state index in [1.807, 2.05) is 0 Å². The van der Waals surface area contributed by atoms with Gasteiger partial charge >= 0.3 is 24.1 Å². The largest absolute Gasteiger partial charge is 0.508 e. The number of ether oxygens (including phenoxy) is 4. The lowest BCUT2D eigenvalue weighted by atomic mass is 10.0. The highest BCUT2D eigenvalue weighted by Gasteiger charge is 2.17. The summed E-state index contributed by atoms with van der Waals surface area (Å²) < 4.78 is 21.3. The number of nitrogens with one attached hydrogen (secondary N) is 2. The van der Waals surface area contributed by atoms with Crippen LogP contribution in [0.25, 0.3) is 22.3 Å². The molecule has 12 nitrogen and oxygen atoms in total. The minimum atomic E-state index is -0.745. The lowest BCUT2D eigenvalue weighted by Crippen LogP contribution is -2.16. The van der Waals surface area contributed by atoms with Crippen LogP contribution in [-0.4, -0.2) is 34.3 Å². The molecule has 0 bridgehead atoms. The van der Waals surface area contributed by atoms with Gasteiger partial charge < -0.3 is 29.2 Å². The van der Waals surface area contributed by atoms with Crippen LogP contribution in [0.3, 0.4) is 0 Å². The molecule has 0 fully saturated rings. The molecule has 0 saturated carbocycles. The predicted octanol–water partition coefficient (Wildman–Crippen LogP) is 9.66. The normalized spacial score (nSPS) is 10.5. The van der Waals surface area contributed by atoms with Gasteiger partial charge in [-0.2, -0.15) is 0 Å². The molecule has 55 heavy (non-hydrogen) atoms.